The third-order valence-corrected chi connectivity index (χ3v) is 5.63. The molecule has 0 amide bonds. The predicted octanol–water partition coefficient (Wildman–Crippen LogP) is 4.96. The van der Waals surface area contributed by atoms with Gasteiger partial charge in [-0.25, -0.2) is 15.0 Å². The first-order valence-electron chi connectivity index (χ1n) is 6.52. The van der Waals surface area contributed by atoms with E-state index >= 15 is 0 Å². The minimum Gasteiger partial charge on any atom is -0.245 e. The van der Waals surface area contributed by atoms with E-state index in [0.717, 1.165) is 27.0 Å². The van der Waals surface area contributed by atoms with Gasteiger partial charge in [0, 0.05) is 22.2 Å². The lowest BCUT2D eigenvalue weighted by atomic mass is 10.2. The standard InChI is InChI=1S/C15H14ClN3S2/c1-8-9(2)21-15-13(8)14(18-10(3)19-15)20-7-11-4-5-17-12(16)6-11/h4-6H,7H2,1-3H3. The van der Waals surface area contributed by atoms with Crippen LogP contribution in [0.25, 0.3) is 10.2 Å². The van der Waals surface area contributed by atoms with Crippen molar-refractivity contribution in [2.45, 2.75) is 31.6 Å². The summed E-state index contributed by atoms with van der Waals surface area (Å²) in [5, 5.41) is 2.76. The van der Waals surface area contributed by atoms with Gasteiger partial charge in [0.2, 0.25) is 0 Å². The molecule has 3 aromatic rings. The Kier molecular flexibility index (Phi) is 4.15. The fraction of sp³-hybridized carbons (Fsp3) is 0.267. The number of aryl methyl sites for hydroxylation is 3. The molecular formula is C15H14ClN3S2. The third kappa shape index (κ3) is 3.05. The summed E-state index contributed by atoms with van der Waals surface area (Å²) in [7, 11) is 0. The van der Waals surface area contributed by atoms with Gasteiger partial charge in [0.05, 0.1) is 0 Å². The molecule has 3 heterocycles. The zero-order chi connectivity index (χ0) is 15.0. The summed E-state index contributed by atoms with van der Waals surface area (Å²) in [5.41, 5.74) is 2.43. The molecular weight excluding hydrogens is 322 g/mol. The van der Waals surface area contributed by atoms with Gasteiger partial charge in [-0.05, 0) is 44.0 Å². The molecule has 0 atom stereocenters. The van der Waals surface area contributed by atoms with Crippen molar-refractivity contribution in [3.8, 4) is 0 Å². The quantitative estimate of drug-likeness (QED) is 0.385. The van der Waals surface area contributed by atoms with Crippen LogP contribution in [-0.2, 0) is 5.75 Å². The van der Waals surface area contributed by atoms with Crippen LogP contribution < -0.4 is 0 Å². The molecule has 0 radical (unpaired) electrons. The summed E-state index contributed by atoms with van der Waals surface area (Å²) < 4.78 is 0. The van der Waals surface area contributed by atoms with E-state index in [4.69, 9.17) is 11.6 Å². The molecule has 0 aliphatic rings. The van der Waals surface area contributed by atoms with Gasteiger partial charge in [0.25, 0.3) is 0 Å². The lowest BCUT2D eigenvalue weighted by Crippen LogP contribution is -1.92. The molecule has 0 aromatic carbocycles. The van der Waals surface area contributed by atoms with Crippen molar-refractivity contribution in [3.63, 3.8) is 0 Å². The molecule has 0 N–H and O–H groups in total. The van der Waals surface area contributed by atoms with Gasteiger partial charge in [0.1, 0.15) is 20.8 Å². The molecule has 108 valence electrons. The number of hydrogen-bond acceptors (Lipinski definition) is 5. The largest absolute Gasteiger partial charge is 0.245 e. The van der Waals surface area contributed by atoms with E-state index in [0.29, 0.717) is 5.15 Å². The van der Waals surface area contributed by atoms with Crippen molar-refractivity contribution < 1.29 is 0 Å². The second kappa shape index (κ2) is 5.91. The summed E-state index contributed by atoms with van der Waals surface area (Å²) in [4.78, 5) is 15.6. The Labute approximate surface area is 136 Å². The smallest absolute Gasteiger partial charge is 0.129 e. The molecule has 0 aliphatic heterocycles. The van der Waals surface area contributed by atoms with Gasteiger partial charge >= 0.3 is 0 Å². The maximum Gasteiger partial charge on any atom is 0.129 e. The first kappa shape index (κ1) is 14.8. The molecule has 6 heteroatoms. The monoisotopic (exact) mass is 335 g/mol. The van der Waals surface area contributed by atoms with Crippen molar-refractivity contribution in [1.29, 1.82) is 0 Å². The van der Waals surface area contributed by atoms with E-state index in [1.54, 1.807) is 29.3 Å². The van der Waals surface area contributed by atoms with Crippen molar-refractivity contribution >= 4 is 44.9 Å². The van der Waals surface area contributed by atoms with E-state index in [-0.39, 0.29) is 0 Å². The first-order valence-corrected chi connectivity index (χ1v) is 8.70. The lowest BCUT2D eigenvalue weighted by molar-refractivity contribution is 1.01. The number of fused-ring (bicyclic) bond motifs is 1. The van der Waals surface area contributed by atoms with Gasteiger partial charge in [-0.15, -0.1) is 23.1 Å². The Hall–Kier alpha value is -1.17. The van der Waals surface area contributed by atoms with Crippen LogP contribution in [0.15, 0.2) is 23.4 Å². The molecule has 0 saturated carbocycles. The van der Waals surface area contributed by atoms with Crippen molar-refractivity contribution in [1.82, 2.24) is 15.0 Å². The summed E-state index contributed by atoms with van der Waals surface area (Å²) in [6.07, 6.45) is 1.74. The highest BCUT2D eigenvalue weighted by atomic mass is 35.5. The van der Waals surface area contributed by atoms with Crippen LogP contribution in [0.4, 0.5) is 0 Å². The fourth-order valence-corrected chi connectivity index (χ4v) is 4.51. The van der Waals surface area contributed by atoms with E-state index in [1.807, 2.05) is 19.1 Å². The minimum absolute atomic E-state index is 0.527. The molecule has 21 heavy (non-hydrogen) atoms. The summed E-state index contributed by atoms with van der Waals surface area (Å²) in [5.74, 6) is 1.64. The zero-order valence-electron chi connectivity index (χ0n) is 12.0. The molecule has 3 aromatic heterocycles. The minimum atomic E-state index is 0.527. The Balaban J connectivity index is 1.96. The van der Waals surface area contributed by atoms with Crippen LogP contribution in [0.2, 0.25) is 5.15 Å². The Morgan fingerprint density at radius 3 is 2.81 bits per heavy atom. The average molecular weight is 336 g/mol. The van der Waals surface area contributed by atoms with Gasteiger partial charge in [0.15, 0.2) is 0 Å². The second-order valence-corrected chi connectivity index (χ2v) is 7.37. The van der Waals surface area contributed by atoms with Gasteiger partial charge in [-0.1, -0.05) is 11.6 Å². The summed E-state index contributed by atoms with van der Waals surface area (Å²) >= 11 is 9.39. The fourth-order valence-electron chi connectivity index (χ4n) is 2.10. The predicted molar refractivity (Wildman–Crippen MR) is 90.4 cm³/mol. The van der Waals surface area contributed by atoms with Gasteiger partial charge < -0.3 is 0 Å². The van der Waals surface area contributed by atoms with Crippen LogP contribution >= 0.6 is 34.7 Å². The molecule has 0 unspecified atom stereocenters. The first-order chi connectivity index (χ1) is 10.0. The van der Waals surface area contributed by atoms with Gasteiger partial charge in [-0.3, -0.25) is 0 Å². The van der Waals surface area contributed by atoms with E-state index < -0.39 is 0 Å². The number of thiophene rings is 1. The molecule has 0 fully saturated rings. The topological polar surface area (TPSA) is 38.7 Å². The van der Waals surface area contributed by atoms with E-state index in [2.05, 4.69) is 28.8 Å². The van der Waals surface area contributed by atoms with Crippen LogP contribution in [0.1, 0.15) is 21.8 Å². The van der Waals surface area contributed by atoms with Crippen molar-refractivity contribution in [2.75, 3.05) is 0 Å². The highest BCUT2D eigenvalue weighted by molar-refractivity contribution is 7.98. The number of hydrogen-bond donors (Lipinski definition) is 0. The highest BCUT2D eigenvalue weighted by Gasteiger charge is 2.13. The van der Waals surface area contributed by atoms with Crippen LogP contribution in [0, 0.1) is 20.8 Å². The zero-order valence-corrected chi connectivity index (χ0v) is 14.4. The lowest BCUT2D eigenvalue weighted by Gasteiger charge is -2.05. The Morgan fingerprint density at radius 1 is 1.24 bits per heavy atom. The number of thioether (sulfide) groups is 1. The second-order valence-electron chi connectivity index (χ2n) is 4.81. The molecule has 3 nitrogen and oxygen atoms in total. The Bertz CT molecular complexity index is 814. The van der Waals surface area contributed by atoms with Crippen molar-refractivity contribution in [3.05, 3.63) is 45.3 Å². The highest BCUT2D eigenvalue weighted by Crippen LogP contribution is 2.36. The number of aromatic nitrogens is 3. The van der Waals surface area contributed by atoms with Crippen LogP contribution in [-0.4, -0.2) is 15.0 Å². The van der Waals surface area contributed by atoms with Crippen LogP contribution in [0.5, 0.6) is 0 Å². The Morgan fingerprint density at radius 2 is 2.05 bits per heavy atom. The molecule has 0 aliphatic carbocycles. The number of nitrogens with zero attached hydrogens (tertiary/aromatic N) is 3. The van der Waals surface area contributed by atoms with E-state index in [9.17, 15) is 0 Å². The number of halogens is 1. The van der Waals surface area contributed by atoms with Crippen LogP contribution in [0.3, 0.4) is 0 Å². The average Bonchev–Trinajstić information content (AvgIpc) is 2.71. The molecule has 0 saturated heterocycles. The molecule has 0 spiro atoms. The van der Waals surface area contributed by atoms with Crippen molar-refractivity contribution in [2.24, 2.45) is 0 Å². The normalized spacial score (nSPS) is 11.2. The maximum atomic E-state index is 5.93. The summed E-state index contributed by atoms with van der Waals surface area (Å²) in [6.45, 7) is 6.21. The molecule has 0 bridgehead atoms. The molecule has 3 rings (SSSR count). The SMILES string of the molecule is Cc1nc(SCc2ccnc(Cl)c2)c2c(C)c(C)sc2n1. The summed E-state index contributed by atoms with van der Waals surface area (Å²) in [6, 6.07) is 3.88. The van der Waals surface area contributed by atoms with E-state index in [1.165, 1.54) is 15.8 Å². The number of pyridine rings is 1. The maximum absolute atomic E-state index is 5.93. The number of rotatable bonds is 3. The third-order valence-electron chi connectivity index (χ3n) is 3.27. The van der Waals surface area contributed by atoms with Gasteiger partial charge in [-0.2, -0.15) is 0 Å².